The molecule has 2 N–H and O–H groups in total. The largest absolute Gasteiger partial charge is 0.573 e. The van der Waals surface area contributed by atoms with Crippen molar-refractivity contribution in [2.75, 3.05) is 18.4 Å². The summed E-state index contributed by atoms with van der Waals surface area (Å²) in [5, 5.41) is 6.24. The second-order valence-electron chi connectivity index (χ2n) is 7.98. The van der Waals surface area contributed by atoms with Gasteiger partial charge in [-0.15, -0.1) is 13.2 Å². The van der Waals surface area contributed by atoms with Crippen molar-refractivity contribution in [3.05, 3.63) is 84.4 Å². The standard InChI is InChI=1S/C25H24F3N3O3/c1-17(18-7-11-23(12-8-18)34-25(26,27)28)29-20-15-31(16-20)24(32)30-19-9-13-22(14-10-19)33-21-5-3-2-4-6-21/h2-14,17,20,29H,15-16H2,1H3,(H,30,32). The molecule has 34 heavy (non-hydrogen) atoms. The minimum atomic E-state index is -4.71. The molecule has 0 radical (unpaired) electrons. The normalized spacial score (nSPS) is 14.8. The SMILES string of the molecule is CC(NC1CN(C(=O)Nc2ccc(Oc3ccccc3)cc2)C1)c1ccc(OC(F)(F)F)cc1. The Morgan fingerprint density at radius 3 is 2.12 bits per heavy atom. The van der Waals surface area contributed by atoms with Crippen molar-refractivity contribution in [2.45, 2.75) is 25.4 Å². The summed E-state index contributed by atoms with van der Waals surface area (Å²) in [4.78, 5) is 14.2. The molecule has 1 atom stereocenters. The molecule has 0 aromatic heterocycles. The first-order valence-electron chi connectivity index (χ1n) is 10.8. The van der Waals surface area contributed by atoms with Gasteiger partial charge in [0.1, 0.15) is 17.2 Å². The number of likely N-dealkylation sites (tertiary alicyclic amines) is 1. The van der Waals surface area contributed by atoms with Crippen molar-refractivity contribution in [3.8, 4) is 17.2 Å². The van der Waals surface area contributed by atoms with Gasteiger partial charge in [0.25, 0.3) is 0 Å². The van der Waals surface area contributed by atoms with Gasteiger partial charge in [-0.25, -0.2) is 4.79 Å². The predicted molar refractivity (Wildman–Crippen MR) is 122 cm³/mol. The van der Waals surface area contributed by atoms with Crippen LogP contribution in [0, 0.1) is 0 Å². The lowest BCUT2D eigenvalue weighted by molar-refractivity contribution is -0.274. The lowest BCUT2D eigenvalue weighted by Crippen LogP contribution is -2.61. The molecule has 0 saturated carbocycles. The maximum atomic E-state index is 12.5. The third kappa shape index (κ3) is 6.41. The molecule has 2 amide bonds. The number of nitrogens with zero attached hydrogens (tertiary/aromatic N) is 1. The molecule has 1 aliphatic rings. The van der Waals surface area contributed by atoms with Gasteiger partial charge in [0.05, 0.1) is 0 Å². The molecule has 1 saturated heterocycles. The summed E-state index contributed by atoms with van der Waals surface area (Å²) in [6, 6.07) is 22.1. The van der Waals surface area contributed by atoms with Crippen molar-refractivity contribution in [3.63, 3.8) is 0 Å². The Labute approximate surface area is 195 Å². The van der Waals surface area contributed by atoms with Crippen LogP contribution in [-0.2, 0) is 0 Å². The van der Waals surface area contributed by atoms with Crippen LogP contribution in [0.3, 0.4) is 0 Å². The number of hydrogen-bond acceptors (Lipinski definition) is 4. The topological polar surface area (TPSA) is 62.8 Å². The molecule has 1 fully saturated rings. The number of ether oxygens (including phenoxy) is 2. The van der Waals surface area contributed by atoms with E-state index >= 15 is 0 Å². The third-order valence-electron chi connectivity index (χ3n) is 5.35. The first kappa shape index (κ1) is 23.4. The average Bonchev–Trinajstić information content (AvgIpc) is 2.77. The summed E-state index contributed by atoms with van der Waals surface area (Å²) in [6.45, 7) is 2.97. The highest BCUT2D eigenvalue weighted by Gasteiger charge is 2.32. The van der Waals surface area contributed by atoms with Gasteiger partial charge in [-0.05, 0) is 61.0 Å². The fourth-order valence-corrected chi connectivity index (χ4v) is 3.59. The second-order valence-corrected chi connectivity index (χ2v) is 7.98. The van der Waals surface area contributed by atoms with Gasteiger partial charge in [-0.1, -0.05) is 30.3 Å². The number of alkyl halides is 3. The van der Waals surface area contributed by atoms with Crippen LogP contribution in [-0.4, -0.2) is 36.4 Å². The number of amides is 2. The Morgan fingerprint density at radius 2 is 1.50 bits per heavy atom. The van der Waals surface area contributed by atoms with Crippen LogP contribution < -0.4 is 20.1 Å². The maximum absolute atomic E-state index is 12.5. The second kappa shape index (κ2) is 10.0. The maximum Gasteiger partial charge on any atom is 0.573 e. The minimum Gasteiger partial charge on any atom is -0.457 e. The first-order chi connectivity index (χ1) is 16.2. The summed E-state index contributed by atoms with van der Waals surface area (Å²) in [6.07, 6.45) is -4.71. The molecule has 3 aromatic rings. The van der Waals surface area contributed by atoms with Gasteiger partial charge in [-0.2, -0.15) is 0 Å². The molecule has 1 heterocycles. The number of benzene rings is 3. The van der Waals surface area contributed by atoms with Crippen LogP contribution >= 0.6 is 0 Å². The molecule has 0 aliphatic carbocycles. The number of nitrogens with one attached hydrogen (secondary N) is 2. The first-order valence-corrected chi connectivity index (χ1v) is 10.8. The zero-order valence-electron chi connectivity index (χ0n) is 18.4. The van der Waals surface area contributed by atoms with E-state index in [4.69, 9.17) is 4.74 Å². The Balaban J connectivity index is 1.21. The molecular weight excluding hydrogens is 447 g/mol. The zero-order chi connectivity index (χ0) is 24.1. The van der Waals surface area contributed by atoms with E-state index in [-0.39, 0.29) is 23.9 Å². The molecular formula is C25H24F3N3O3. The van der Waals surface area contributed by atoms with Crippen LogP contribution in [0.15, 0.2) is 78.9 Å². The van der Waals surface area contributed by atoms with Gasteiger partial charge in [-0.3, -0.25) is 0 Å². The molecule has 4 rings (SSSR count). The van der Waals surface area contributed by atoms with E-state index in [1.807, 2.05) is 37.3 Å². The minimum absolute atomic E-state index is 0.0905. The van der Waals surface area contributed by atoms with Crippen LogP contribution in [0.25, 0.3) is 0 Å². The molecule has 0 bridgehead atoms. The Hall–Kier alpha value is -3.72. The van der Waals surface area contributed by atoms with E-state index in [0.29, 0.717) is 24.5 Å². The number of carbonyl (C=O) groups is 1. The Kier molecular flexibility index (Phi) is 6.93. The third-order valence-corrected chi connectivity index (χ3v) is 5.35. The van der Waals surface area contributed by atoms with E-state index in [1.54, 1.807) is 41.3 Å². The monoisotopic (exact) mass is 471 g/mol. The van der Waals surface area contributed by atoms with Crippen molar-refractivity contribution in [2.24, 2.45) is 0 Å². The summed E-state index contributed by atoms with van der Waals surface area (Å²) in [5.41, 5.74) is 1.49. The van der Waals surface area contributed by atoms with Crippen LogP contribution in [0.1, 0.15) is 18.5 Å². The van der Waals surface area contributed by atoms with Crippen molar-refractivity contribution >= 4 is 11.7 Å². The van der Waals surface area contributed by atoms with E-state index in [1.165, 1.54) is 12.1 Å². The van der Waals surface area contributed by atoms with Crippen molar-refractivity contribution in [1.82, 2.24) is 10.2 Å². The number of halogens is 3. The molecule has 178 valence electrons. The molecule has 1 unspecified atom stereocenters. The predicted octanol–water partition coefficient (Wildman–Crippen LogP) is 5.94. The van der Waals surface area contributed by atoms with E-state index in [9.17, 15) is 18.0 Å². The van der Waals surface area contributed by atoms with Gasteiger partial charge < -0.3 is 25.0 Å². The van der Waals surface area contributed by atoms with Gasteiger partial charge in [0.2, 0.25) is 0 Å². The quantitative estimate of drug-likeness (QED) is 0.447. The highest BCUT2D eigenvalue weighted by molar-refractivity contribution is 5.90. The van der Waals surface area contributed by atoms with Gasteiger partial charge in [0, 0.05) is 30.9 Å². The van der Waals surface area contributed by atoms with Crippen LogP contribution in [0.2, 0.25) is 0 Å². The fourth-order valence-electron chi connectivity index (χ4n) is 3.59. The fraction of sp³-hybridized carbons (Fsp3) is 0.240. The van der Waals surface area contributed by atoms with E-state index in [0.717, 1.165) is 11.3 Å². The van der Waals surface area contributed by atoms with Crippen molar-refractivity contribution in [1.29, 1.82) is 0 Å². The van der Waals surface area contributed by atoms with Crippen LogP contribution in [0.4, 0.5) is 23.7 Å². The molecule has 9 heteroatoms. The molecule has 1 aliphatic heterocycles. The molecule has 0 spiro atoms. The lowest BCUT2D eigenvalue weighted by Gasteiger charge is -2.41. The van der Waals surface area contributed by atoms with Gasteiger partial charge in [0.15, 0.2) is 0 Å². The molecule has 6 nitrogen and oxygen atoms in total. The summed E-state index contributed by atoms with van der Waals surface area (Å²) in [7, 11) is 0. The summed E-state index contributed by atoms with van der Waals surface area (Å²) >= 11 is 0. The summed E-state index contributed by atoms with van der Waals surface area (Å²) < 4.78 is 46.5. The Bertz CT molecular complexity index is 1080. The van der Waals surface area contributed by atoms with E-state index < -0.39 is 6.36 Å². The number of hydrogen-bond donors (Lipinski definition) is 2. The number of anilines is 1. The number of para-hydroxylation sites is 1. The number of urea groups is 1. The average molecular weight is 471 g/mol. The van der Waals surface area contributed by atoms with Crippen molar-refractivity contribution < 1.29 is 27.4 Å². The van der Waals surface area contributed by atoms with E-state index in [2.05, 4.69) is 15.4 Å². The highest BCUT2D eigenvalue weighted by Crippen LogP contribution is 2.26. The Morgan fingerprint density at radius 1 is 0.912 bits per heavy atom. The smallest absolute Gasteiger partial charge is 0.457 e. The zero-order valence-corrected chi connectivity index (χ0v) is 18.4. The highest BCUT2D eigenvalue weighted by atomic mass is 19.4. The summed E-state index contributed by atoms with van der Waals surface area (Å²) in [5.74, 6) is 1.15. The van der Waals surface area contributed by atoms with Gasteiger partial charge >= 0.3 is 12.4 Å². The number of rotatable bonds is 7. The van der Waals surface area contributed by atoms with Crippen LogP contribution in [0.5, 0.6) is 17.2 Å². The molecule has 3 aromatic carbocycles. The number of carbonyl (C=O) groups excluding carboxylic acids is 1. The lowest BCUT2D eigenvalue weighted by atomic mass is 10.0.